The van der Waals surface area contributed by atoms with Gasteiger partial charge in [-0.25, -0.2) is 8.78 Å². The number of likely N-dealkylation sites (tertiary alicyclic amines) is 1. The summed E-state index contributed by atoms with van der Waals surface area (Å²) >= 11 is 0. The summed E-state index contributed by atoms with van der Waals surface area (Å²) in [5.41, 5.74) is -0.243. The Balaban J connectivity index is 1.48. The standard InChI is InChI=1S/C14H19F2N3O2/c1-9-17-18-12(21-9)13-7-19(5-11(13)6-20-8-13)4-10-2-14(15,16)3-10/h10-11H,2-8H2,1H3/t11-,13-/m1/s1. The lowest BCUT2D eigenvalue weighted by Gasteiger charge is -2.37. The van der Waals surface area contributed by atoms with E-state index in [1.54, 1.807) is 6.92 Å². The van der Waals surface area contributed by atoms with E-state index in [0.717, 1.165) is 19.6 Å². The van der Waals surface area contributed by atoms with E-state index in [2.05, 4.69) is 15.1 Å². The summed E-state index contributed by atoms with van der Waals surface area (Å²) in [4.78, 5) is 2.27. The zero-order chi connectivity index (χ0) is 14.7. The zero-order valence-electron chi connectivity index (χ0n) is 12.0. The van der Waals surface area contributed by atoms with Gasteiger partial charge in [-0.3, -0.25) is 0 Å². The average molecular weight is 299 g/mol. The van der Waals surface area contributed by atoms with Crippen LogP contribution in [-0.2, 0) is 10.2 Å². The molecule has 0 amide bonds. The molecule has 0 N–H and O–H groups in total. The van der Waals surface area contributed by atoms with Gasteiger partial charge in [0.25, 0.3) is 0 Å². The molecule has 3 aliphatic rings. The van der Waals surface area contributed by atoms with Crippen LogP contribution in [0.4, 0.5) is 8.78 Å². The van der Waals surface area contributed by atoms with Crippen LogP contribution in [0.5, 0.6) is 0 Å². The minimum Gasteiger partial charge on any atom is -0.425 e. The van der Waals surface area contributed by atoms with Crippen molar-refractivity contribution in [1.82, 2.24) is 15.1 Å². The third-order valence-corrected chi connectivity index (χ3v) is 5.09. The summed E-state index contributed by atoms with van der Waals surface area (Å²) in [6.45, 7) is 5.41. The quantitative estimate of drug-likeness (QED) is 0.849. The normalized spacial score (nSPS) is 35.9. The topological polar surface area (TPSA) is 51.4 Å². The summed E-state index contributed by atoms with van der Waals surface area (Å²) in [6.07, 6.45) is 0.0503. The molecule has 0 spiro atoms. The van der Waals surface area contributed by atoms with Crippen molar-refractivity contribution in [2.75, 3.05) is 32.8 Å². The van der Waals surface area contributed by atoms with Gasteiger partial charge in [-0.05, 0) is 5.92 Å². The van der Waals surface area contributed by atoms with Gasteiger partial charge in [0.2, 0.25) is 17.7 Å². The van der Waals surface area contributed by atoms with Crippen LogP contribution >= 0.6 is 0 Å². The summed E-state index contributed by atoms with van der Waals surface area (Å²) < 4.78 is 37.2. The van der Waals surface area contributed by atoms with Gasteiger partial charge in [0.05, 0.1) is 18.6 Å². The van der Waals surface area contributed by atoms with E-state index in [-0.39, 0.29) is 24.2 Å². The van der Waals surface area contributed by atoms with E-state index in [9.17, 15) is 8.78 Å². The first kappa shape index (κ1) is 13.6. The zero-order valence-corrected chi connectivity index (χ0v) is 12.0. The van der Waals surface area contributed by atoms with Crippen molar-refractivity contribution < 1.29 is 17.9 Å². The maximum absolute atomic E-state index is 13.0. The largest absolute Gasteiger partial charge is 0.425 e. The van der Waals surface area contributed by atoms with E-state index < -0.39 is 5.92 Å². The summed E-state index contributed by atoms with van der Waals surface area (Å²) in [5, 5.41) is 8.12. The predicted octanol–water partition coefficient (Wildman–Crippen LogP) is 1.62. The molecule has 0 aromatic carbocycles. The SMILES string of the molecule is Cc1nnc([C@]23COC[C@H]2CN(CC2CC(F)(F)C2)C3)o1. The molecule has 1 aliphatic carbocycles. The lowest BCUT2D eigenvalue weighted by atomic mass is 9.80. The minimum atomic E-state index is -2.44. The summed E-state index contributed by atoms with van der Waals surface area (Å²) in [6, 6.07) is 0. The molecular weight excluding hydrogens is 280 g/mol. The summed E-state index contributed by atoms with van der Waals surface area (Å²) in [7, 11) is 0. The molecule has 116 valence electrons. The molecule has 0 unspecified atom stereocenters. The second kappa shape index (κ2) is 4.46. The molecule has 1 aromatic heterocycles. The first-order valence-electron chi connectivity index (χ1n) is 7.45. The average Bonchev–Trinajstić information content (AvgIpc) is 3.00. The van der Waals surface area contributed by atoms with Crippen molar-refractivity contribution in [2.45, 2.75) is 31.1 Å². The molecule has 3 heterocycles. The summed E-state index contributed by atoms with van der Waals surface area (Å²) in [5.74, 6) is -0.810. The smallest absolute Gasteiger partial charge is 0.248 e. The van der Waals surface area contributed by atoms with Crippen molar-refractivity contribution in [3.8, 4) is 0 Å². The van der Waals surface area contributed by atoms with Crippen LogP contribution in [0.3, 0.4) is 0 Å². The van der Waals surface area contributed by atoms with E-state index in [4.69, 9.17) is 9.15 Å². The second-order valence-electron chi connectivity index (χ2n) is 6.82. The second-order valence-corrected chi connectivity index (χ2v) is 6.82. The monoisotopic (exact) mass is 299 g/mol. The number of rotatable bonds is 3. The fraction of sp³-hybridized carbons (Fsp3) is 0.857. The van der Waals surface area contributed by atoms with E-state index in [0.29, 0.717) is 30.9 Å². The number of aryl methyl sites for hydroxylation is 1. The number of hydrogen-bond donors (Lipinski definition) is 0. The molecule has 2 aliphatic heterocycles. The number of aromatic nitrogens is 2. The first-order valence-corrected chi connectivity index (χ1v) is 7.45. The Hall–Kier alpha value is -1.08. The Morgan fingerprint density at radius 2 is 2.14 bits per heavy atom. The molecule has 1 aromatic rings. The third-order valence-electron chi connectivity index (χ3n) is 5.09. The van der Waals surface area contributed by atoms with E-state index in [1.807, 2.05) is 0 Å². The van der Waals surface area contributed by atoms with Crippen LogP contribution < -0.4 is 0 Å². The Bertz CT molecular complexity index is 542. The van der Waals surface area contributed by atoms with Crippen molar-refractivity contribution in [3.05, 3.63) is 11.8 Å². The minimum absolute atomic E-state index is 0.0251. The van der Waals surface area contributed by atoms with Gasteiger partial charge in [-0.15, -0.1) is 10.2 Å². The van der Waals surface area contributed by atoms with Crippen LogP contribution in [0.1, 0.15) is 24.6 Å². The molecule has 1 saturated carbocycles. The van der Waals surface area contributed by atoms with E-state index >= 15 is 0 Å². The van der Waals surface area contributed by atoms with Crippen molar-refractivity contribution >= 4 is 0 Å². The molecule has 2 saturated heterocycles. The molecule has 0 bridgehead atoms. The molecule has 21 heavy (non-hydrogen) atoms. The van der Waals surface area contributed by atoms with Crippen LogP contribution in [0.2, 0.25) is 0 Å². The van der Waals surface area contributed by atoms with Gasteiger partial charge in [0, 0.05) is 45.3 Å². The fourth-order valence-corrected chi connectivity index (χ4v) is 4.06. The molecule has 5 nitrogen and oxygen atoms in total. The van der Waals surface area contributed by atoms with Gasteiger partial charge in [0.1, 0.15) is 0 Å². The number of fused-ring (bicyclic) bond motifs is 1. The highest BCUT2D eigenvalue weighted by molar-refractivity contribution is 5.16. The number of alkyl halides is 2. The lowest BCUT2D eigenvalue weighted by molar-refractivity contribution is -0.116. The maximum Gasteiger partial charge on any atom is 0.248 e. The van der Waals surface area contributed by atoms with Crippen LogP contribution in [0, 0.1) is 18.8 Å². The van der Waals surface area contributed by atoms with E-state index in [1.165, 1.54) is 0 Å². The molecule has 3 fully saturated rings. The van der Waals surface area contributed by atoms with Gasteiger partial charge in [-0.1, -0.05) is 0 Å². The van der Waals surface area contributed by atoms with Gasteiger partial charge in [-0.2, -0.15) is 0 Å². The van der Waals surface area contributed by atoms with Gasteiger partial charge < -0.3 is 14.1 Å². The molecular formula is C14H19F2N3O2. The van der Waals surface area contributed by atoms with Crippen LogP contribution in [0.15, 0.2) is 4.42 Å². The number of ether oxygens (including phenoxy) is 1. The van der Waals surface area contributed by atoms with Gasteiger partial charge >= 0.3 is 0 Å². The Morgan fingerprint density at radius 1 is 1.33 bits per heavy atom. The van der Waals surface area contributed by atoms with Crippen molar-refractivity contribution in [1.29, 1.82) is 0 Å². The predicted molar refractivity (Wildman–Crippen MR) is 69.1 cm³/mol. The Kier molecular flexibility index (Phi) is 2.88. The molecule has 0 radical (unpaired) electrons. The van der Waals surface area contributed by atoms with Gasteiger partial charge in [0.15, 0.2) is 0 Å². The number of halogens is 2. The number of nitrogens with zero attached hydrogens (tertiary/aromatic N) is 3. The lowest BCUT2D eigenvalue weighted by Crippen LogP contribution is -2.43. The molecule has 7 heteroatoms. The molecule has 2 atom stereocenters. The number of hydrogen-bond acceptors (Lipinski definition) is 5. The highest BCUT2D eigenvalue weighted by Gasteiger charge is 2.56. The van der Waals surface area contributed by atoms with Crippen molar-refractivity contribution in [3.63, 3.8) is 0 Å². The maximum atomic E-state index is 13.0. The first-order chi connectivity index (χ1) is 9.97. The third kappa shape index (κ3) is 2.17. The van der Waals surface area contributed by atoms with Crippen LogP contribution in [-0.4, -0.2) is 53.9 Å². The van der Waals surface area contributed by atoms with Crippen molar-refractivity contribution in [2.24, 2.45) is 11.8 Å². The highest BCUT2D eigenvalue weighted by Crippen LogP contribution is 2.46. The van der Waals surface area contributed by atoms with Crippen LogP contribution in [0.25, 0.3) is 0 Å². The molecule has 4 rings (SSSR count). The highest BCUT2D eigenvalue weighted by atomic mass is 19.3. The fourth-order valence-electron chi connectivity index (χ4n) is 4.06. The Morgan fingerprint density at radius 3 is 2.81 bits per heavy atom. The Labute approximate surface area is 121 Å².